The average Bonchev–Trinajstić information content (AvgIpc) is 2.64. The van der Waals surface area contributed by atoms with Crippen LogP contribution >= 0.6 is 24.0 Å². The number of benzene rings is 3. The number of hydrogen-bond acceptors (Lipinski definition) is 3. The lowest BCUT2D eigenvalue weighted by molar-refractivity contribution is 0.261. The maximum absolute atomic E-state index is 5.95. The number of nitrogens with one attached hydrogen (secondary N) is 1. The summed E-state index contributed by atoms with van der Waals surface area (Å²) in [5.41, 5.74) is 4.31. The zero-order valence-electron chi connectivity index (χ0n) is 15.5. The SMILES string of the molecule is CN(C)CCOc1cccc(-c2cccc(Nc3ccc(Cl)cc3)c2)c1.Cl. The quantitative estimate of drug-likeness (QED) is 0.515. The smallest absolute Gasteiger partial charge is 0.119 e. The zero-order valence-corrected chi connectivity index (χ0v) is 17.1. The number of ether oxygens (including phenoxy) is 1. The van der Waals surface area contributed by atoms with Gasteiger partial charge in [-0.3, -0.25) is 0 Å². The van der Waals surface area contributed by atoms with Gasteiger partial charge in [-0.25, -0.2) is 0 Å². The third kappa shape index (κ3) is 6.47. The molecule has 0 fully saturated rings. The van der Waals surface area contributed by atoms with Crippen LogP contribution < -0.4 is 10.1 Å². The summed E-state index contributed by atoms with van der Waals surface area (Å²) >= 11 is 5.95. The molecule has 1 N–H and O–H groups in total. The van der Waals surface area contributed by atoms with Crippen molar-refractivity contribution in [2.24, 2.45) is 0 Å². The Morgan fingerprint density at radius 3 is 2.22 bits per heavy atom. The summed E-state index contributed by atoms with van der Waals surface area (Å²) in [5.74, 6) is 0.889. The van der Waals surface area contributed by atoms with Gasteiger partial charge in [-0.15, -0.1) is 12.4 Å². The molecule has 0 saturated heterocycles. The van der Waals surface area contributed by atoms with Crippen LogP contribution in [0.1, 0.15) is 0 Å². The molecule has 3 aromatic carbocycles. The van der Waals surface area contributed by atoms with Crippen molar-refractivity contribution < 1.29 is 4.74 Å². The minimum absolute atomic E-state index is 0. The second kappa shape index (κ2) is 10.2. The van der Waals surface area contributed by atoms with Gasteiger partial charge in [0.25, 0.3) is 0 Å². The van der Waals surface area contributed by atoms with Crippen LogP contribution in [0.5, 0.6) is 5.75 Å². The van der Waals surface area contributed by atoms with Crippen LogP contribution in [0.3, 0.4) is 0 Å². The highest BCUT2D eigenvalue weighted by Crippen LogP contribution is 2.27. The minimum Gasteiger partial charge on any atom is -0.492 e. The summed E-state index contributed by atoms with van der Waals surface area (Å²) in [5, 5.41) is 4.14. The fourth-order valence-electron chi connectivity index (χ4n) is 2.59. The van der Waals surface area contributed by atoms with E-state index < -0.39 is 0 Å². The van der Waals surface area contributed by atoms with E-state index in [0.717, 1.165) is 39.8 Å². The highest BCUT2D eigenvalue weighted by Gasteiger charge is 2.03. The lowest BCUT2D eigenvalue weighted by Crippen LogP contribution is -2.19. The highest BCUT2D eigenvalue weighted by atomic mass is 35.5. The van der Waals surface area contributed by atoms with Gasteiger partial charge in [0.1, 0.15) is 12.4 Å². The Kier molecular flexibility index (Phi) is 7.99. The number of anilines is 2. The van der Waals surface area contributed by atoms with Crippen LogP contribution in [-0.2, 0) is 0 Å². The molecule has 3 rings (SSSR count). The van der Waals surface area contributed by atoms with Crippen molar-refractivity contribution >= 4 is 35.4 Å². The normalized spacial score (nSPS) is 10.4. The maximum Gasteiger partial charge on any atom is 0.119 e. The first-order chi connectivity index (χ1) is 12.6. The molecule has 0 radical (unpaired) electrons. The summed E-state index contributed by atoms with van der Waals surface area (Å²) in [6, 6.07) is 24.2. The van der Waals surface area contributed by atoms with Crippen LogP contribution in [0.25, 0.3) is 11.1 Å². The van der Waals surface area contributed by atoms with Gasteiger partial charge < -0.3 is 15.0 Å². The van der Waals surface area contributed by atoms with Gasteiger partial charge in [0.05, 0.1) is 0 Å². The first-order valence-electron chi connectivity index (χ1n) is 8.61. The second-order valence-corrected chi connectivity index (χ2v) is 6.83. The van der Waals surface area contributed by atoms with E-state index in [-0.39, 0.29) is 12.4 Å². The maximum atomic E-state index is 5.95. The van der Waals surface area contributed by atoms with E-state index in [0.29, 0.717) is 6.61 Å². The van der Waals surface area contributed by atoms with E-state index in [1.165, 1.54) is 0 Å². The molecule has 0 heterocycles. The largest absolute Gasteiger partial charge is 0.492 e. The molecule has 0 aromatic heterocycles. The van der Waals surface area contributed by atoms with Gasteiger partial charge in [0.2, 0.25) is 0 Å². The Morgan fingerprint density at radius 1 is 0.852 bits per heavy atom. The van der Waals surface area contributed by atoms with Crippen LogP contribution in [0.4, 0.5) is 11.4 Å². The summed E-state index contributed by atoms with van der Waals surface area (Å²) in [7, 11) is 4.08. The molecule has 0 saturated carbocycles. The molecule has 3 aromatic rings. The molecule has 0 aliphatic heterocycles. The van der Waals surface area contributed by atoms with Crippen LogP contribution in [0.2, 0.25) is 5.02 Å². The van der Waals surface area contributed by atoms with Crippen molar-refractivity contribution in [2.45, 2.75) is 0 Å². The van der Waals surface area contributed by atoms with Crippen molar-refractivity contribution in [1.82, 2.24) is 4.90 Å². The van der Waals surface area contributed by atoms with Crippen molar-refractivity contribution in [3.8, 4) is 16.9 Å². The monoisotopic (exact) mass is 402 g/mol. The Hall–Kier alpha value is -2.20. The summed E-state index contributed by atoms with van der Waals surface area (Å²) in [6.45, 7) is 1.57. The predicted octanol–water partition coefficient (Wildman–Crippen LogP) is 6.11. The number of rotatable bonds is 7. The first kappa shape index (κ1) is 21.1. The van der Waals surface area contributed by atoms with E-state index in [1.54, 1.807) is 0 Å². The van der Waals surface area contributed by atoms with Gasteiger partial charge in [-0.1, -0.05) is 35.9 Å². The molecule has 0 amide bonds. The molecule has 0 bridgehead atoms. The number of halogens is 2. The van der Waals surface area contributed by atoms with Gasteiger partial charge in [-0.2, -0.15) is 0 Å². The van der Waals surface area contributed by atoms with Crippen LogP contribution in [-0.4, -0.2) is 32.1 Å². The second-order valence-electron chi connectivity index (χ2n) is 6.39. The zero-order chi connectivity index (χ0) is 18.4. The Morgan fingerprint density at radius 2 is 1.52 bits per heavy atom. The Labute approximate surface area is 172 Å². The third-order valence-electron chi connectivity index (χ3n) is 3.97. The fraction of sp³-hybridized carbons (Fsp3) is 0.182. The minimum atomic E-state index is 0. The van der Waals surface area contributed by atoms with E-state index in [9.17, 15) is 0 Å². The number of nitrogens with zero attached hydrogens (tertiary/aromatic N) is 1. The first-order valence-corrected chi connectivity index (χ1v) is 8.98. The fourth-order valence-corrected chi connectivity index (χ4v) is 2.71. The molecular weight excluding hydrogens is 379 g/mol. The summed E-state index contributed by atoms with van der Waals surface area (Å²) < 4.78 is 5.85. The third-order valence-corrected chi connectivity index (χ3v) is 4.22. The molecule has 5 heteroatoms. The topological polar surface area (TPSA) is 24.5 Å². The van der Waals surface area contributed by atoms with Crippen molar-refractivity contribution in [1.29, 1.82) is 0 Å². The van der Waals surface area contributed by atoms with Gasteiger partial charge in [-0.05, 0) is 73.8 Å². The van der Waals surface area contributed by atoms with Gasteiger partial charge >= 0.3 is 0 Å². The highest BCUT2D eigenvalue weighted by molar-refractivity contribution is 6.30. The van der Waals surface area contributed by atoms with Gasteiger partial charge in [0, 0.05) is 22.9 Å². The van der Waals surface area contributed by atoms with Crippen molar-refractivity contribution in [3.05, 3.63) is 77.8 Å². The standard InChI is InChI=1S/C22H23ClN2O.ClH/c1-25(2)13-14-26-22-8-4-6-18(16-22)17-5-3-7-21(15-17)24-20-11-9-19(23)10-12-20;/h3-12,15-16,24H,13-14H2,1-2H3;1H. The lowest BCUT2D eigenvalue weighted by Gasteiger charge is -2.12. The van der Waals surface area contributed by atoms with E-state index in [4.69, 9.17) is 16.3 Å². The molecule has 142 valence electrons. The molecule has 0 unspecified atom stereocenters. The van der Waals surface area contributed by atoms with E-state index in [2.05, 4.69) is 40.5 Å². The molecular formula is C22H24Cl2N2O. The van der Waals surface area contributed by atoms with Crippen molar-refractivity contribution in [2.75, 3.05) is 32.6 Å². The number of hydrogen-bond donors (Lipinski definition) is 1. The Balaban J connectivity index is 0.00000261. The molecule has 0 atom stereocenters. The van der Waals surface area contributed by atoms with Crippen LogP contribution in [0, 0.1) is 0 Å². The van der Waals surface area contributed by atoms with Crippen molar-refractivity contribution in [3.63, 3.8) is 0 Å². The molecule has 27 heavy (non-hydrogen) atoms. The van der Waals surface area contributed by atoms with E-state index in [1.807, 2.05) is 56.6 Å². The van der Waals surface area contributed by atoms with E-state index >= 15 is 0 Å². The predicted molar refractivity (Wildman–Crippen MR) is 118 cm³/mol. The molecule has 0 aliphatic carbocycles. The average molecular weight is 403 g/mol. The Bertz CT molecular complexity index is 851. The summed E-state index contributed by atoms with van der Waals surface area (Å²) in [4.78, 5) is 2.11. The lowest BCUT2D eigenvalue weighted by atomic mass is 10.0. The molecule has 0 aliphatic rings. The summed E-state index contributed by atoms with van der Waals surface area (Å²) in [6.07, 6.45) is 0. The molecule has 0 spiro atoms. The van der Waals surface area contributed by atoms with Crippen LogP contribution in [0.15, 0.2) is 72.8 Å². The number of likely N-dealkylation sites (N-methyl/N-ethyl adjacent to an activating group) is 1. The molecule has 3 nitrogen and oxygen atoms in total. The van der Waals surface area contributed by atoms with Gasteiger partial charge in [0.15, 0.2) is 0 Å².